The molecule has 0 aromatic rings. The monoisotopic (exact) mass is 227 g/mol. The van der Waals surface area contributed by atoms with Gasteiger partial charge in [-0.05, 0) is 65.8 Å². The molecule has 0 spiro atoms. The molecule has 1 N–H and O–H groups in total. The number of hydrogen-bond donors (Lipinski definition) is 1. The van der Waals surface area contributed by atoms with Crippen LogP contribution in [-0.4, -0.2) is 24.3 Å². The first-order chi connectivity index (χ1) is 7.37. The molecule has 16 heavy (non-hydrogen) atoms. The Morgan fingerprint density at radius 2 is 2.00 bits per heavy atom. The van der Waals surface area contributed by atoms with E-state index in [4.69, 9.17) is 4.74 Å². The molecule has 1 rings (SSSR count). The van der Waals surface area contributed by atoms with Crippen molar-refractivity contribution in [3.8, 4) is 0 Å². The topological polar surface area (TPSA) is 21.3 Å². The maximum atomic E-state index is 5.84. The zero-order valence-electron chi connectivity index (χ0n) is 11.7. The molecule has 1 fully saturated rings. The largest absolute Gasteiger partial charge is 0.375 e. The molecular weight excluding hydrogens is 198 g/mol. The highest BCUT2D eigenvalue weighted by atomic mass is 16.5. The average Bonchev–Trinajstić information content (AvgIpc) is 2.57. The summed E-state index contributed by atoms with van der Waals surface area (Å²) in [5.74, 6) is 0.749. The van der Waals surface area contributed by atoms with Gasteiger partial charge >= 0.3 is 0 Å². The van der Waals surface area contributed by atoms with E-state index in [9.17, 15) is 0 Å². The summed E-state index contributed by atoms with van der Waals surface area (Å²) < 4.78 is 5.84. The Bertz CT molecular complexity index is 197. The normalized spacial score (nSPS) is 28.3. The minimum Gasteiger partial charge on any atom is -0.375 e. The van der Waals surface area contributed by atoms with Gasteiger partial charge in [-0.15, -0.1) is 0 Å². The molecule has 1 heterocycles. The fraction of sp³-hybridized carbons (Fsp3) is 1.00. The first-order valence-corrected chi connectivity index (χ1v) is 6.77. The van der Waals surface area contributed by atoms with E-state index in [1.165, 1.54) is 25.7 Å². The summed E-state index contributed by atoms with van der Waals surface area (Å²) in [6.45, 7) is 12.3. The van der Waals surface area contributed by atoms with Crippen molar-refractivity contribution >= 4 is 0 Å². The summed E-state index contributed by atoms with van der Waals surface area (Å²) in [7, 11) is 0. The number of hydrogen-bond acceptors (Lipinski definition) is 2. The van der Waals surface area contributed by atoms with Crippen molar-refractivity contribution in [1.82, 2.24) is 5.32 Å². The number of nitrogens with one attached hydrogen (secondary N) is 1. The highest BCUT2D eigenvalue weighted by Gasteiger charge is 2.22. The smallest absolute Gasteiger partial charge is 0.0579 e. The van der Waals surface area contributed by atoms with Gasteiger partial charge in [0.2, 0.25) is 0 Å². The van der Waals surface area contributed by atoms with E-state index in [1.807, 2.05) is 0 Å². The first kappa shape index (κ1) is 14.0. The zero-order valence-corrected chi connectivity index (χ0v) is 11.7. The van der Waals surface area contributed by atoms with Gasteiger partial charge in [0.1, 0.15) is 0 Å². The standard InChI is InChI=1S/C14H29NO/c1-11(10-15-14(3,4)5)6-8-13-9-7-12(2)16-13/h11-13,15H,6-10H2,1-5H3. The molecule has 0 aromatic heterocycles. The van der Waals surface area contributed by atoms with Crippen molar-refractivity contribution in [2.75, 3.05) is 6.54 Å². The third kappa shape index (κ3) is 5.86. The van der Waals surface area contributed by atoms with Crippen molar-refractivity contribution in [3.63, 3.8) is 0 Å². The quantitative estimate of drug-likeness (QED) is 0.777. The van der Waals surface area contributed by atoms with E-state index in [0.29, 0.717) is 12.2 Å². The van der Waals surface area contributed by atoms with Crippen LogP contribution in [0, 0.1) is 5.92 Å². The zero-order chi connectivity index (χ0) is 12.2. The van der Waals surface area contributed by atoms with Crippen molar-refractivity contribution < 1.29 is 4.74 Å². The van der Waals surface area contributed by atoms with Crippen LogP contribution >= 0.6 is 0 Å². The van der Waals surface area contributed by atoms with Gasteiger partial charge in [-0.3, -0.25) is 0 Å². The molecule has 2 heteroatoms. The Morgan fingerprint density at radius 1 is 1.31 bits per heavy atom. The molecule has 0 radical (unpaired) electrons. The summed E-state index contributed by atoms with van der Waals surface area (Å²) in [6.07, 6.45) is 6.05. The number of rotatable bonds is 5. The highest BCUT2D eigenvalue weighted by molar-refractivity contribution is 4.74. The Hall–Kier alpha value is -0.0800. The second-order valence-electron chi connectivity index (χ2n) is 6.46. The fourth-order valence-corrected chi connectivity index (χ4v) is 2.15. The van der Waals surface area contributed by atoms with Crippen LogP contribution in [0.4, 0.5) is 0 Å². The van der Waals surface area contributed by atoms with Crippen LogP contribution < -0.4 is 5.32 Å². The van der Waals surface area contributed by atoms with Gasteiger partial charge in [-0.2, -0.15) is 0 Å². The van der Waals surface area contributed by atoms with E-state index in [2.05, 4.69) is 39.9 Å². The van der Waals surface area contributed by atoms with E-state index in [0.717, 1.165) is 12.5 Å². The Morgan fingerprint density at radius 3 is 2.50 bits per heavy atom. The fourth-order valence-electron chi connectivity index (χ4n) is 2.15. The predicted molar refractivity (Wildman–Crippen MR) is 69.7 cm³/mol. The van der Waals surface area contributed by atoms with Crippen LogP contribution in [0.2, 0.25) is 0 Å². The lowest BCUT2D eigenvalue weighted by molar-refractivity contribution is 0.0473. The van der Waals surface area contributed by atoms with E-state index >= 15 is 0 Å². The van der Waals surface area contributed by atoms with Crippen LogP contribution in [0.1, 0.15) is 60.3 Å². The van der Waals surface area contributed by atoms with E-state index in [-0.39, 0.29) is 5.54 Å². The second kappa shape index (κ2) is 6.02. The van der Waals surface area contributed by atoms with Crippen LogP contribution in [0.5, 0.6) is 0 Å². The number of ether oxygens (including phenoxy) is 1. The highest BCUT2D eigenvalue weighted by Crippen LogP contribution is 2.24. The minimum absolute atomic E-state index is 0.243. The molecule has 3 atom stereocenters. The first-order valence-electron chi connectivity index (χ1n) is 6.77. The molecule has 96 valence electrons. The third-order valence-electron chi connectivity index (χ3n) is 3.28. The lowest BCUT2D eigenvalue weighted by Gasteiger charge is -2.24. The molecule has 1 aliphatic heterocycles. The van der Waals surface area contributed by atoms with Crippen LogP contribution in [0.15, 0.2) is 0 Å². The average molecular weight is 227 g/mol. The molecule has 0 saturated carbocycles. The molecule has 1 saturated heterocycles. The predicted octanol–water partition coefficient (Wildman–Crippen LogP) is 3.36. The Kier molecular flexibility index (Phi) is 5.26. The van der Waals surface area contributed by atoms with Crippen molar-refractivity contribution in [2.24, 2.45) is 5.92 Å². The molecular formula is C14H29NO. The van der Waals surface area contributed by atoms with Gasteiger partial charge in [0, 0.05) is 5.54 Å². The second-order valence-corrected chi connectivity index (χ2v) is 6.46. The molecule has 2 nitrogen and oxygen atoms in total. The maximum absolute atomic E-state index is 5.84. The summed E-state index contributed by atoms with van der Waals surface area (Å²) >= 11 is 0. The molecule has 0 aliphatic carbocycles. The van der Waals surface area contributed by atoms with E-state index < -0.39 is 0 Å². The van der Waals surface area contributed by atoms with Crippen molar-refractivity contribution in [3.05, 3.63) is 0 Å². The lowest BCUT2D eigenvalue weighted by Crippen LogP contribution is -2.38. The van der Waals surface area contributed by atoms with Gasteiger partial charge in [0.05, 0.1) is 12.2 Å². The summed E-state index contributed by atoms with van der Waals surface area (Å²) in [4.78, 5) is 0. The van der Waals surface area contributed by atoms with Gasteiger partial charge in [-0.25, -0.2) is 0 Å². The van der Waals surface area contributed by atoms with Crippen LogP contribution in [0.25, 0.3) is 0 Å². The maximum Gasteiger partial charge on any atom is 0.0579 e. The Balaban J connectivity index is 2.08. The van der Waals surface area contributed by atoms with Crippen molar-refractivity contribution in [2.45, 2.75) is 78.0 Å². The Labute approximate surface area is 101 Å². The summed E-state index contributed by atoms with van der Waals surface area (Å²) in [5.41, 5.74) is 0.243. The molecule has 1 aliphatic rings. The van der Waals surface area contributed by atoms with Gasteiger partial charge in [0.15, 0.2) is 0 Å². The lowest BCUT2D eigenvalue weighted by atomic mass is 10.00. The third-order valence-corrected chi connectivity index (χ3v) is 3.28. The van der Waals surface area contributed by atoms with Gasteiger partial charge < -0.3 is 10.1 Å². The molecule has 0 amide bonds. The van der Waals surface area contributed by atoms with E-state index in [1.54, 1.807) is 0 Å². The SMILES string of the molecule is CC(CCC1CCC(C)O1)CNC(C)(C)C. The minimum atomic E-state index is 0.243. The molecule has 0 aromatic carbocycles. The molecule has 3 unspecified atom stereocenters. The van der Waals surface area contributed by atoms with Crippen LogP contribution in [0.3, 0.4) is 0 Å². The summed E-state index contributed by atoms with van der Waals surface area (Å²) in [5, 5.41) is 3.56. The van der Waals surface area contributed by atoms with Crippen LogP contribution in [-0.2, 0) is 4.74 Å². The van der Waals surface area contributed by atoms with Crippen molar-refractivity contribution in [1.29, 1.82) is 0 Å². The van der Waals surface area contributed by atoms with Gasteiger partial charge in [-0.1, -0.05) is 6.92 Å². The summed E-state index contributed by atoms with van der Waals surface area (Å²) in [6, 6.07) is 0. The van der Waals surface area contributed by atoms with Gasteiger partial charge in [0.25, 0.3) is 0 Å². The molecule has 0 bridgehead atoms.